The number of ether oxygens (including phenoxy) is 3. The van der Waals surface area contributed by atoms with Crippen molar-refractivity contribution in [1.82, 2.24) is 0 Å². The van der Waals surface area contributed by atoms with E-state index in [4.69, 9.17) is 19.3 Å². The average molecular weight is 294 g/mol. The van der Waals surface area contributed by atoms with E-state index >= 15 is 0 Å². The van der Waals surface area contributed by atoms with Crippen molar-refractivity contribution < 1.29 is 29.5 Å². The number of hydrogen-bond donors (Lipinski definition) is 3. The van der Waals surface area contributed by atoms with E-state index in [1.807, 2.05) is 0 Å². The fourth-order valence-electron chi connectivity index (χ4n) is 1.62. The van der Waals surface area contributed by atoms with Crippen molar-refractivity contribution in [3.8, 4) is 0 Å². The summed E-state index contributed by atoms with van der Waals surface area (Å²) in [5.41, 5.74) is 0. The molecule has 0 spiro atoms. The average Bonchev–Trinajstić information content (AvgIpc) is 2.43. The van der Waals surface area contributed by atoms with Gasteiger partial charge in [0.05, 0.1) is 51.3 Å². The molecule has 0 amide bonds. The van der Waals surface area contributed by atoms with Gasteiger partial charge in [0.25, 0.3) is 0 Å². The van der Waals surface area contributed by atoms with Crippen molar-refractivity contribution in [1.29, 1.82) is 0 Å². The van der Waals surface area contributed by atoms with Crippen LogP contribution >= 0.6 is 0 Å². The van der Waals surface area contributed by atoms with Crippen LogP contribution in [0.4, 0.5) is 0 Å². The topological polar surface area (TPSA) is 88.4 Å². The minimum absolute atomic E-state index is 0.0242. The molecule has 0 aliphatic carbocycles. The predicted octanol–water partition coefficient (Wildman–Crippen LogP) is 0.329. The molecule has 3 atom stereocenters. The Bertz CT molecular complexity index is 190. The zero-order chi connectivity index (χ0) is 15.2. The van der Waals surface area contributed by atoms with Gasteiger partial charge in [0.2, 0.25) is 0 Å². The summed E-state index contributed by atoms with van der Waals surface area (Å²) >= 11 is 0. The first-order chi connectivity index (χ1) is 9.63. The molecule has 0 fully saturated rings. The van der Waals surface area contributed by atoms with Crippen molar-refractivity contribution in [3.63, 3.8) is 0 Å². The summed E-state index contributed by atoms with van der Waals surface area (Å²) in [5, 5.41) is 27.2. The third kappa shape index (κ3) is 11.6. The van der Waals surface area contributed by atoms with Crippen molar-refractivity contribution in [2.75, 3.05) is 39.6 Å². The molecule has 0 bridgehead atoms. The molecule has 0 aliphatic rings. The largest absolute Gasteiger partial charge is 0.394 e. The number of aliphatic hydroxyl groups excluding tert-OH is 3. The lowest BCUT2D eigenvalue weighted by Crippen LogP contribution is -2.31. The maximum absolute atomic E-state index is 9.29. The highest BCUT2D eigenvalue weighted by Crippen LogP contribution is 2.09. The van der Waals surface area contributed by atoms with Gasteiger partial charge in [0.15, 0.2) is 0 Å². The maximum Gasteiger partial charge on any atom is 0.0834 e. The second-order valence-electron chi connectivity index (χ2n) is 4.87. The van der Waals surface area contributed by atoms with Gasteiger partial charge < -0.3 is 29.5 Å². The highest BCUT2D eigenvalue weighted by Gasteiger charge is 2.18. The zero-order valence-electron chi connectivity index (χ0n) is 12.7. The minimum Gasteiger partial charge on any atom is -0.394 e. The first-order valence-corrected chi connectivity index (χ1v) is 7.34. The monoisotopic (exact) mass is 294 g/mol. The third-order valence-electron chi connectivity index (χ3n) is 2.69. The molecule has 0 saturated carbocycles. The molecule has 0 aromatic heterocycles. The predicted molar refractivity (Wildman–Crippen MR) is 75.7 cm³/mol. The van der Waals surface area contributed by atoms with Crippen LogP contribution in [0.1, 0.15) is 33.1 Å². The van der Waals surface area contributed by atoms with E-state index in [9.17, 15) is 10.2 Å². The molecule has 122 valence electrons. The molecule has 0 rings (SSSR count). The highest BCUT2D eigenvalue weighted by atomic mass is 16.5. The van der Waals surface area contributed by atoms with E-state index in [0.717, 1.165) is 12.8 Å². The Kier molecular flexibility index (Phi) is 13.6. The molecule has 6 nitrogen and oxygen atoms in total. The van der Waals surface area contributed by atoms with Crippen molar-refractivity contribution in [2.45, 2.75) is 51.4 Å². The SMILES string of the molecule is CCCCOC(COCCO)CC(CO)OCC(C)O. The van der Waals surface area contributed by atoms with Crippen LogP contribution in [-0.4, -0.2) is 73.3 Å². The summed E-state index contributed by atoms with van der Waals surface area (Å²) in [7, 11) is 0. The van der Waals surface area contributed by atoms with Gasteiger partial charge in [-0.15, -0.1) is 0 Å². The fourth-order valence-corrected chi connectivity index (χ4v) is 1.62. The standard InChI is InChI=1S/C14H30O6/c1-3-4-6-19-14(11-18-7-5-15)8-13(9-16)20-10-12(2)17/h12-17H,3-11H2,1-2H3. The molecule has 6 heteroatoms. The lowest BCUT2D eigenvalue weighted by atomic mass is 10.1. The van der Waals surface area contributed by atoms with Gasteiger partial charge >= 0.3 is 0 Å². The second-order valence-corrected chi connectivity index (χ2v) is 4.87. The summed E-state index contributed by atoms with van der Waals surface area (Å²) in [6, 6.07) is 0. The Morgan fingerprint density at radius 1 is 1.00 bits per heavy atom. The van der Waals surface area contributed by atoms with Crippen LogP contribution in [0.3, 0.4) is 0 Å². The lowest BCUT2D eigenvalue weighted by molar-refractivity contribution is -0.0800. The van der Waals surface area contributed by atoms with Crippen LogP contribution in [0.2, 0.25) is 0 Å². The Labute approximate surface area is 121 Å². The van der Waals surface area contributed by atoms with E-state index < -0.39 is 6.10 Å². The minimum atomic E-state index is -0.561. The Hall–Kier alpha value is -0.240. The molecule has 0 aliphatic heterocycles. The van der Waals surface area contributed by atoms with Gasteiger partial charge in [0, 0.05) is 13.0 Å². The summed E-state index contributed by atoms with van der Waals surface area (Å²) in [4.78, 5) is 0. The van der Waals surface area contributed by atoms with Crippen LogP contribution in [0.15, 0.2) is 0 Å². The molecule has 0 saturated heterocycles. The van der Waals surface area contributed by atoms with Crippen LogP contribution in [0, 0.1) is 0 Å². The molecule has 20 heavy (non-hydrogen) atoms. The molecular weight excluding hydrogens is 264 g/mol. The van der Waals surface area contributed by atoms with Gasteiger partial charge in [-0.25, -0.2) is 0 Å². The molecule has 0 radical (unpaired) electrons. The van der Waals surface area contributed by atoms with Crippen LogP contribution in [-0.2, 0) is 14.2 Å². The van der Waals surface area contributed by atoms with E-state index in [-0.39, 0.29) is 38.6 Å². The third-order valence-corrected chi connectivity index (χ3v) is 2.69. The molecule has 3 unspecified atom stereocenters. The van der Waals surface area contributed by atoms with Crippen molar-refractivity contribution in [2.24, 2.45) is 0 Å². The quantitative estimate of drug-likeness (QED) is 0.400. The summed E-state index contributed by atoms with van der Waals surface area (Å²) in [6.45, 7) is 5.02. The second kappa shape index (κ2) is 13.7. The smallest absolute Gasteiger partial charge is 0.0834 e. The lowest BCUT2D eigenvalue weighted by Gasteiger charge is -2.23. The van der Waals surface area contributed by atoms with E-state index in [0.29, 0.717) is 19.6 Å². The van der Waals surface area contributed by atoms with Gasteiger partial charge in [-0.1, -0.05) is 13.3 Å². The summed E-state index contributed by atoms with van der Waals surface area (Å²) < 4.78 is 16.4. The molecule has 0 aromatic carbocycles. The van der Waals surface area contributed by atoms with E-state index in [1.165, 1.54) is 0 Å². The number of rotatable bonds is 14. The Morgan fingerprint density at radius 2 is 1.75 bits per heavy atom. The van der Waals surface area contributed by atoms with Crippen molar-refractivity contribution in [3.05, 3.63) is 0 Å². The number of aliphatic hydroxyl groups is 3. The molecular formula is C14H30O6. The molecule has 3 N–H and O–H groups in total. The first kappa shape index (κ1) is 19.8. The highest BCUT2D eigenvalue weighted by molar-refractivity contribution is 4.67. The van der Waals surface area contributed by atoms with Gasteiger partial charge in [-0.3, -0.25) is 0 Å². The number of unbranched alkanes of at least 4 members (excludes halogenated alkanes) is 1. The van der Waals surface area contributed by atoms with Crippen LogP contribution in [0.25, 0.3) is 0 Å². The fraction of sp³-hybridized carbons (Fsp3) is 1.00. The molecule has 0 aromatic rings. The van der Waals surface area contributed by atoms with Crippen LogP contribution in [0.5, 0.6) is 0 Å². The van der Waals surface area contributed by atoms with Gasteiger partial charge in [0.1, 0.15) is 0 Å². The normalized spacial score (nSPS) is 16.1. The first-order valence-electron chi connectivity index (χ1n) is 7.34. The van der Waals surface area contributed by atoms with Gasteiger partial charge in [-0.2, -0.15) is 0 Å². The van der Waals surface area contributed by atoms with Gasteiger partial charge in [-0.05, 0) is 13.3 Å². The van der Waals surface area contributed by atoms with Crippen LogP contribution < -0.4 is 0 Å². The molecule has 0 heterocycles. The van der Waals surface area contributed by atoms with E-state index in [1.54, 1.807) is 6.92 Å². The maximum atomic E-state index is 9.29. The zero-order valence-corrected chi connectivity index (χ0v) is 12.7. The Morgan fingerprint density at radius 3 is 2.30 bits per heavy atom. The number of hydrogen-bond acceptors (Lipinski definition) is 6. The summed E-state index contributed by atoms with van der Waals surface area (Å²) in [6.07, 6.45) is 1.39. The van der Waals surface area contributed by atoms with Crippen molar-refractivity contribution >= 4 is 0 Å². The summed E-state index contributed by atoms with van der Waals surface area (Å²) in [5.74, 6) is 0. The van der Waals surface area contributed by atoms with E-state index in [2.05, 4.69) is 6.92 Å². The Balaban J connectivity index is 4.11.